The standard InChI is InChI=1S/C20H33N3O5/c1-4-14(2)18(25)23-9-5-6-16(12-23)19(26)21(3)13-17(24)22-10-7-15(8-11-22)20(27)28/h14-16H,4-13H2,1-3H3,(H,27,28). The molecule has 0 spiro atoms. The van der Waals surface area contributed by atoms with Crippen LogP contribution < -0.4 is 0 Å². The van der Waals surface area contributed by atoms with Crippen LogP contribution in [0.15, 0.2) is 0 Å². The molecule has 0 bridgehead atoms. The quantitative estimate of drug-likeness (QED) is 0.725. The fourth-order valence-electron chi connectivity index (χ4n) is 3.93. The first kappa shape index (κ1) is 22.2. The van der Waals surface area contributed by atoms with Gasteiger partial charge < -0.3 is 19.8 Å². The van der Waals surface area contributed by atoms with Crippen LogP contribution in [0.1, 0.15) is 46.0 Å². The summed E-state index contributed by atoms with van der Waals surface area (Å²) in [6.07, 6.45) is 3.21. The van der Waals surface area contributed by atoms with Gasteiger partial charge in [-0.2, -0.15) is 0 Å². The number of aliphatic carboxylic acids is 1. The zero-order chi connectivity index (χ0) is 20.8. The van der Waals surface area contributed by atoms with Crippen molar-refractivity contribution in [3.05, 3.63) is 0 Å². The van der Waals surface area contributed by atoms with E-state index in [-0.39, 0.29) is 42.0 Å². The number of rotatable bonds is 6. The minimum absolute atomic E-state index is 0.00756. The van der Waals surface area contributed by atoms with Gasteiger partial charge in [0.05, 0.1) is 18.4 Å². The highest BCUT2D eigenvalue weighted by atomic mass is 16.4. The second-order valence-corrected chi connectivity index (χ2v) is 8.12. The maximum atomic E-state index is 12.8. The number of piperidine rings is 2. The number of carboxylic acid groups (broad SMARTS) is 1. The molecule has 0 aromatic heterocycles. The van der Waals surface area contributed by atoms with E-state index in [1.807, 2.05) is 13.8 Å². The first-order valence-corrected chi connectivity index (χ1v) is 10.3. The van der Waals surface area contributed by atoms with E-state index in [1.165, 1.54) is 4.90 Å². The molecule has 3 amide bonds. The molecule has 2 aliphatic rings. The summed E-state index contributed by atoms with van der Waals surface area (Å²) < 4.78 is 0. The Kier molecular flexibility index (Phi) is 7.83. The molecular formula is C20H33N3O5. The second-order valence-electron chi connectivity index (χ2n) is 8.12. The molecule has 2 aliphatic heterocycles. The highest BCUT2D eigenvalue weighted by Crippen LogP contribution is 2.22. The molecule has 2 atom stereocenters. The molecule has 2 unspecified atom stereocenters. The Bertz CT molecular complexity index is 601. The molecule has 0 saturated carbocycles. The van der Waals surface area contributed by atoms with Crippen molar-refractivity contribution >= 4 is 23.7 Å². The summed E-state index contributed by atoms with van der Waals surface area (Å²) in [6, 6.07) is 0. The molecular weight excluding hydrogens is 362 g/mol. The van der Waals surface area contributed by atoms with Gasteiger partial charge in [0.15, 0.2) is 0 Å². The number of carboxylic acids is 1. The molecule has 28 heavy (non-hydrogen) atoms. The average molecular weight is 396 g/mol. The van der Waals surface area contributed by atoms with Gasteiger partial charge in [0, 0.05) is 39.1 Å². The van der Waals surface area contributed by atoms with Crippen molar-refractivity contribution in [3.8, 4) is 0 Å². The Labute approximate surface area is 166 Å². The van der Waals surface area contributed by atoms with Crippen molar-refractivity contribution in [2.75, 3.05) is 39.8 Å². The van der Waals surface area contributed by atoms with Crippen molar-refractivity contribution < 1.29 is 24.3 Å². The Morgan fingerprint density at radius 3 is 2.25 bits per heavy atom. The van der Waals surface area contributed by atoms with Crippen LogP contribution in [-0.4, -0.2) is 83.3 Å². The molecule has 2 rings (SSSR count). The van der Waals surface area contributed by atoms with Crippen LogP contribution in [0.2, 0.25) is 0 Å². The molecule has 2 saturated heterocycles. The predicted octanol–water partition coefficient (Wildman–Crippen LogP) is 1.05. The van der Waals surface area contributed by atoms with Gasteiger partial charge >= 0.3 is 5.97 Å². The maximum absolute atomic E-state index is 12.8. The van der Waals surface area contributed by atoms with Crippen molar-refractivity contribution in [1.29, 1.82) is 0 Å². The zero-order valence-electron chi connectivity index (χ0n) is 17.2. The van der Waals surface area contributed by atoms with Crippen LogP contribution >= 0.6 is 0 Å². The molecule has 8 nitrogen and oxygen atoms in total. The molecule has 1 N–H and O–H groups in total. The lowest BCUT2D eigenvalue weighted by molar-refractivity contribution is -0.147. The summed E-state index contributed by atoms with van der Waals surface area (Å²) in [5.41, 5.74) is 0. The molecule has 0 aliphatic carbocycles. The summed E-state index contributed by atoms with van der Waals surface area (Å²) in [5, 5.41) is 9.05. The van der Waals surface area contributed by atoms with Gasteiger partial charge in [-0.05, 0) is 32.1 Å². The van der Waals surface area contributed by atoms with E-state index in [9.17, 15) is 19.2 Å². The number of hydrogen-bond donors (Lipinski definition) is 1. The largest absolute Gasteiger partial charge is 0.481 e. The Morgan fingerprint density at radius 2 is 1.68 bits per heavy atom. The second kappa shape index (κ2) is 9.89. The summed E-state index contributed by atoms with van der Waals surface area (Å²) in [4.78, 5) is 53.6. The summed E-state index contributed by atoms with van der Waals surface area (Å²) in [6.45, 7) is 5.82. The number of hydrogen-bond acceptors (Lipinski definition) is 4. The van der Waals surface area contributed by atoms with E-state index in [1.54, 1.807) is 16.8 Å². The Hall–Kier alpha value is -2.12. The highest BCUT2D eigenvalue weighted by molar-refractivity contribution is 5.87. The van der Waals surface area contributed by atoms with Crippen molar-refractivity contribution in [2.24, 2.45) is 17.8 Å². The van der Waals surface area contributed by atoms with E-state index in [0.717, 1.165) is 19.3 Å². The van der Waals surface area contributed by atoms with Gasteiger partial charge in [-0.25, -0.2) is 0 Å². The SMILES string of the molecule is CCC(C)C(=O)N1CCCC(C(=O)N(C)CC(=O)N2CCC(C(=O)O)CC2)C1. The molecule has 8 heteroatoms. The third-order valence-corrected chi connectivity index (χ3v) is 6.06. The third kappa shape index (κ3) is 5.45. The van der Waals surface area contributed by atoms with E-state index in [2.05, 4.69) is 0 Å². The highest BCUT2D eigenvalue weighted by Gasteiger charge is 2.33. The minimum atomic E-state index is -0.812. The van der Waals surface area contributed by atoms with Gasteiger partial charge in [-0.15, -0.1) is 0 Å². The zero-order valence-corrected chi connectivity index (χ0v) is 17.2. The maximum Gasteiger partial charge on any atom is 0.306 e. The van der Waals surface area contributed by atoms with E-state index in [0.29, 0.717) is 39.0 Å². The molecule has 2 heterocycles. The normalized spacial score (nSPS) is 21.9. The van der Waals surface area contributed by atoms with Gasteiger partial charge in [-0.1, -0.05) is 13.8 Å². The van der Waals surface area contributed by atoms with E-state index < -0.39 is 5.97 Å². The Morgan fingerprint density at radius 1 is 1.04 bits per heavy atom. The first-order chi connectivity index (χ1) is 13.2. The number of likely N-dealkylation sites (N-methyl/N-ethyl adjacent to an activating group) is 1. The molecule has 0 radical (unpaired) electrons. The molecule has 2 fully saturated rings. The Balaban J connectivity index is 1.85. The average Bonchev–Trinajstić information content (AvgIpc) is 2.71. The fraction of sp³-hybridized carbons (Fsp3) is 0.800. The minimum Gasteiger partial charge on any atom is -0.481 e. The molecule has 0 aromatic carbocycles. The van der Waals surface area contributed by atoms with Gasteiger partial charge in [0.25, 0.3) is 0 Å². The van der Waals surface area contributed by atoms with Crippen molar-refractivity contribution in [3.63, 3.8) is 0 Å². The van der Waals surface area contributed by atoms with Crippen LogP contribution in [0.25, 0.3) is 0 Å². The summed E-state index contributed by atoms with van der Waals surface area (Å²) in [5.74, 6) is -1.66. The lowest BCUT2D eigenvalue weighted by Crippen LogP contribution is -2.50. The number of carbonyl (C=O) groups excluding carboxylic acids is 3. The van der Waals surface area contributed by atoms with Gasteiger partial charge in [0.1, 0.15) is 0 Å². The number of nitrogens with zero attached hydrogens (tertiary/aromatic N) is 3. The first-order valence-electron chi connectivity index (χ1n) is 10.3. The van der Waals surface area contributed by atoms with Crippen molar-refractivity contribution in [1.82, 2.24) is 14.7 Å². The molecule has 158 valence electrons. The predicted molar refractivity (Wildman–Crippen MR) is 103 cm³/mol. The fourth-order valence-corrected chi connectivity index (χ4v) is 3.93. The smallest absolute Gasteiger partial charge is 0.306 e. The molecule has 0 aromatic rings. The van der Waals surface area contributed by atoms with Crippen molar-refractivity contribution in [2.45, 2.75) is 46.0 Å². The van der Waals surface area contributed by atoms with Crippen LogP contribution in [0.5, 0.6) is 0 Å². The number of carbonyl (C=O) groups is 4. The van der Waals surface area contributed by atoms with E-state index >= 15 is 0 Å². The van der Waals surface area contributed by atoms with Crippen LogP contribution in [0.4, 0.5) is 0 Å². The summed E-state index contributed by atoms with van der Waals surface area (Å²) >= 11 is 0. The van der Waals surface area contributed by atoms with Crippen LogP contribution in [0.3, 0.4) is 0 Å². The lowest BCUT2D eigenvalue weighted by atomic mass is 9.95. The van der Waals surface area contributed by atoms with Gasteiger partial charge in [0.2, 0.25) is 17.7 Å². The van der Waals surface area contributed by atoms with Crippen LogP contribution in [-0.2, 0) is 19.2 Å². The topological polar surface area (TPSA) is 98.2 Å². The number of amides is 3. The van der Waals surface area contributed by atoms with Gasteiger partial charge in [-0.3, -0.25) is 19.2 Å². The monoisotopic (exact) mass is 395 g/mol. The lowest BCUT2D eigenvalue weighted by Gasteiger charge is -2.36. The summed E-state index contributed by atoms with van der Waals surface area (Å²) in [7, 11) is 1.62. The van der Waals surface area contributed by atoms with E-state index in [4.69, 9.17) is 5.11 Å². The number of likely N-dealkylation sites (tertiary alicyclic amines) is 2. The van der Waals surface area contributed by atoms with Crippen LogP contribution in [0, 0.1) is 17.8 Å². The third-order valence-electron chi connectivity index (χ3n) is 6.06.